The number of benzene rings is 1. The molecule has 1 aromatic carbocycles. The largest absolute Gasteiger partial charge is 0.349 e. The van der Waals surface area contributed by atoms with Gasteiger partial charge < -0.3 is 11.1 Å². The molecule has 0 aliphatic carbocycles. The molecule has 19 heavy (non-hydrogen) atoms. The number of carbonyl (C=O) groups is 1. The standard InChI is InChI=1S/C16H26N2O/c1-13(2)16(14-9-5-3-6-10-14)18-15(19)11-7-4-8-12-17/h3,5-6,9-10,13,16H,4,7-8,11-12,17H2,1-2H3,(H,18,19). The lowest BCUT2D eigenvalue weighted by Gasteiger charge is -2.23. The van der Waals surface area contributed by atoms with Gasteiger partial charge in [-0.15, -0.1) is 0 Å². The Kier molecular flexibility index (Phi) is 7.19. The van der Waals surface area contributed by atoms with Crippen molar-refractivity contribution in [1.82, 2.24) is 5.32 Å². The van der Waals surface area contributed by atoms with Gasteiger partial charge in [-0.25, -0.2) is 0 Å². The van der Waals surface area contributed by atoms with Crippen molar-refractivity contribution in [2.24, 2.45) is 11.7 Å². The average molecular weight is 262 g/mol. The van der Waals surface area contributed by atoms with Crippen molar-refractivity contribution in [3.05, 3.63) is 35.9 Å². The summed E-state index contributed by atoms with van der Waals surface area (Å²) in [5.41, 5.74) is 6.62. The predicted molar refractivity (Wildman–Crippen MR) is 79.7 cm³/mol. The van der Waals surface area contributed by atoms with Gasteiger partial charge in [-0.05, 0) is 30.9 Å². The van der Waals surface area contributed by atoms with Gasteiger partial charge in [-0.1, -0.05) is 50.6 Å². The molecule has 106 valence electrons. The minimum Gasteiger partial charge on any atom is -0.349 e. The Balaban J connectivity index is 2.48. The third-order valence-electron chi connectivity index (χ3n) is 3.25. The Bertz CT molecular complexity index is 362. The quantitative estimate of drug-likeness (QED) is 0.708. The molecule has 3 heteroatoms. The molecule has 0 fully saturated rings. The summed E-state index contributed by atoms with van der Waals surface area (Å²) in [7, 11) is 0. The molecule has 1 aromatic rings. The Labute approximate surface area is 116 Å². The lowest BCUT2D eigenvalue weighted by atomic mass is 9.96. The topological polar surface area (TPSA) is 55.1 Å². The Morgan fingerprint density at radius 3 is 2.42 bits per heavy atom. The molecule has 3 N–H and O–H groups in total. The van der Waals surface area contributed by atoms with E-state index in [4.69, 9.17) is 5.73 Å². The maximum atomic E-state index is 12.0. The van der Waals surface area contributed by atoms with Gasteiger partial charge >= 0.3 is 0 Å². The summed E-state index contributed by atoms with van der Waals surface area (Å²) in [6, 6.07) is 10.3. The highest BCUT2D eigenvalue weighted by Gasteiger charge is 2.17. The maximum absolute atomic E-state index is 12.0. The molecule has 0 spiro atoms. The minimum atomic E-state index is 0.100. The molecule has 0 saturated carbocycles. The van der Waals surface area contributed by atoms with Gasteiger partial charge in [-0.3, -0.25) is 4.79 Å². The van der Waals surface area contributed by atoms with E-state index < -0.39 is 0 Å². The van der Waals surface area contributed by atoms with Gasteiger partial charge in [0.15, 0.2) is 0 Å². The Morgan fingerprint density at radius 1 is 1.16 bits per heavy atom. The van der Waals surface area contributed by atoms with Crippen LogP contribution in [-0.4, -0.2) is 12.5 Å². The maximum Gasteiger partial charge on any atom is 0.220 e. The third-order valence-corrected chi connectivity index (χ3v) is 3.25. The van der Waals surface area contributed by atoms with E-state index in [0.29, 0.717) is 18.9 Å². The van der Waals surface area contributed by atoms with Crippen molar-refractivity contribution in [2.45, 2.75) is 45.6 Å². The van der Waals surface area contributed by atoms with Crippen LogP contribution in [0.15, 0.2) is 30.3 Å². The van der Waals surface area contributed by atoms with Gasteiger partial charge in [0.05, 0.1) is 6.04 Å². The first-order valence-corrected chi connectivity index (χ1v) is 7.19. The smallest absolute Gasteiger partial charge is 0.220 e. The number of amides is 1. The van der Waals surface area contributed by atoms with Crippen molar-refractivity contribution in [2.75, 3.05) is 6.54 Å². The van der Waals surface area contributed by atoms with Crippen LogP contribution in [0, 0.1) is 5.92 Å². The van der Waals surface area contributed by atoms with Gasteiger partial charge in [0.1, 0.15) is 0 Å². The first-order valence-electron chi connectivity index (χ1n) is 7.19. The second-order valence-corrected chi connectivity index (χ2v) is 5.30. The molecule has 3 nitrogen and oxygen atoms in total. The van der Waals surface area contributed by atoms with Crippen molar-refractivity contribution < 1.29 is 4.79 Å². The lowest BCUT2D eigenvalue weighted by molar-refractivity contribution is -0.122. The molecular formula is C16H26N2O. The van der Waals surface area contributed by atoms with Crippen LogP contribution in [0.25, 0.3) is 0 Å². The molecule has 0 saturated heterocycles. The number of carbonyl (C=O) groups excluding carboxylic acids is 1. The minimum absolute atomic E-state index is 0.100. The first kappa shape index (κ1) is 15.7. The van der Waals surface area contributed by atoms with E-state index >= 15 is 0 Å². The lowest BCUT2D eigenvalue weighted by Crippen LogP contribution is -2.31. The molecule has 0 aliphatic heterocycles. The molecule has 1 atom stereocenters. The van der Waals surface area contributed by atoms with Crippen molar-refractivity contribution in [3.8, 4) is 0 Å². The normalized spacial score (nSPS) is 12.4. The third kappa shape index (κ3) is 5.88. The summed E-state index contributed by atoms with van der Waals surface area (Å²) in [4.78, 5) is 12.0. The van der Waals surface area contributed by atoms with Gasteiger partial charge in [0.2, 0.25) is 5.91 Å². The van der Waals surface area contributed by atoms with E-state index in [2.05, 4.69) is 31.3 Å². The van der Waals surface area contributed by atoms with Gasteiger partial charge in [0, 0.05) is 6.42 Å². The van der Waals surface area contributed by atoms with Crippen LogP contribution in [0.3, 0.4) is 0 Å². The molecule has 0 aliphatic rings. The zero-order chi connectivity index (χ0) is 14.1. The van der Waals surface area contributed by atoms with Crippen LogP contribution in [0.4, 0.5) is 0 Å². The van der Waals surface area contributed by atoms with Crippen molar-refractivity contribution in [3.63, 3.8) is 0 Å². The summed E-state index contributed by atoms with van der Waals surface area (Å²) in [6.45, 7) is 4.97. The highest BCUT2D eigenvalue weighted by molar-refractivity contribution is 5.76. The summed E-state index contributed by atoms with van der Waals surface area (Å²) >= 11 is 0. The van der Waals surface area contributed by atoms with E-state index in [1.165, 1.54) is 5.56 Å². The van der Waals surface area contributed by atoms with Crippen LogP contribution in [0.5, 0.6) is 0 Å². The first-order chi connectivity index (χ1) is 9.15. The number of rotatable bonds is 8. The molecule has 0 aromatic heterocycles. The molecular weight excluding hydrogens is 236 g/mol. The summed E-state index contributed by atoms with van der Waals surface area (Å²) < 4.78 is 0. The van der Waals surface area contributed by atoms with E-state index in [-0.39, 0.29) is 11.9 Å². The molecule has 0 heterocycles. The van der Waals surface area contributed by atoms with Crippen molar-refractivity contribution >= 4 is 5.91 Å². The number of nitrogens with one attached hydrogen (secondary N) is 1. The second kappa shape index (κ2) is 8.70. The van der Waals surface area contributed by atoms with E-state index in [1.807, 2.05) is 18.2 Å². The fraction of sp³-hybridized carbons (Fsp3) is 0.562. The highest BCUT2D eigenvalue weighted by Crippen LogP contribution is 2.21. The van der Waals surface area contributed by atoms with Crippen LogP contribution in [0.1, 0.15) is 51.1 Å². The molecule has 1 unspecified atom stereocenters. The number of nitrogens with two attached hydrogens (primary N) is 1. The molecule has 1 rings (SSSR count). The van der Waals surface area contributed by atoms with Crippen molar-refractivity contribution in [1.29, 1.82) is 0 Å². The van der Waals surface area contributed by atoms with Crippen LogP contribution in [-0.2, 0) is 4.79 Å². The average Bonchev–Trinajstić information content (AvgIpc) is 2.41. The molecule has 0 bridgehead atoms. The van der Waals surface area contributed by atoms with E-state index in [9.17, 15) is 4.79 Å². The zero-order valence-corrected chi connectivity index (χ0v) is 12.1. The fourth-order valence-corrected chi connectivity index (χ4v) is 2.15. The zero-order valence-electron chi connectivity index (χ0n) is 12.1. The molecule has 0 radical (unpaired) electrons. The summed E-state index contributed by atoms with van der Waals surface area (Å²) in [5, 5.41) is 3.14. The molecule has 1 amide bonds. The number of unbranched alkanes of at least 4 members (excludes halogenated alkanes) is 2. The van der Waals surface area contributed by atoms with Gasteiger partial charge in [0.25, 0.3) is 0 Å². The fourth-order valence-electron chi connectivity index (χ4n) is 2.15. The van der Waals surface area contributed by atoms with Crippen LogP contribution < -0.4 is 11.1 Å². The monoisotopic (exact) mass is 262 g/mol. The summed E-state index contributed by atoms with van der Waals surface area (Å²) in [6.07, 6.45) is 3.54. The number of hydrogen-bond acceptors (Lipinski definition) is 2. The Morgan fingerprint density at radius 2 is 1.84 bits per heavy atom. The highest BCUT2D eigenvalue weighted by atomic mass is 16.1. The van der Waals surface area contributed by atoms with E-state index in [0.717, 1.165) is 19.3 Å². The summed E-state index contributed by atoms with van der Waals surface area (Å²) in [5.74, 6) is 0.523. The van der Waals surface area contributed by atoms with Crippen LogP contribution >= 0.6 is 0 Å². The van der Waals surface area contributed by atoms with Crippen LogP contribution in [0.2, 0.25) is 0 Å². The SMILES string of the molecule is CC(C)C(NC(=O)CCCCCN)c1ccccc1. The number of hydrogen-bond donors (Lipinski definition) is 2. The van der Waals surface area contributed by atoms with Gasteiger partial charge in [-0.2, -0.15) is 0 Å². The van der Waals surface area contributed by atoms with E-state index in [1.54, 1.807) is 0 Å². The predicted octanol–water partition coefficient (Wildman–Crippen LogP) is 3.02. The Hall–Kier alpha value is -1.35. The second-order valence-electron chi connectivity index (χ2n) is 5.30.